The minimum Gasteiger partial charge on any atom is -0.460 e. The van der Waals surface area contributed by atoms with E-state index in [-0.39, 0.29) is 18.5 Å². The second-order valence-corrected chi connectivity index (χ2v) is 10.6. The van der Waals surface area contributed by atoms with Gasteiger partial charge in [0, 0.05) is 13.1 Å². The molecule has 7 nitrogen and oxygen atoms in total. The fraction of sp³-hybridized carbons (Fsp3) is 0.265. The van der Waals surface area contributed by atoms with Crippen molar-refractivity contribution in [2.24, 2.45) is 10.1 Å². The first-order valence-corrected chi connectivity index (χ1v) is 14.2. The van der Waals surface area contributed by atoms with E-state index in [0.717, 1.165) is 53.3 Å². The average Bonchev–Trinajstić information content (AvgIpc) is 3.37. The molecule has 0 bridgehead atoms. The van der Waals surface area contributed by atoms with Gasteiger partial charge in [-0.1, -0.05) is 84.8 Å². The number of hydrazone groups is 1. The Kier molecular flexibility index (Phi) is 7.28. The summed E-state index contributed by atoms with van der Waals surface area (Å²) in [5.41, 5.74) is 8.72. The zero-order chi connectivity index (χ0) is 28.5. The van der Waals surface area contributed by atoms with E-state index >= 15 is 0 Å². The molecule has 0 saturated carbocycles. The maximum atomic E-state index is 13.4. The zero-order valence-electron chi connectivity index (χ0n) is 24.0. The van der Waals surface area contributed by atoms with Gasteiger partial charge in [-0.2, -0.15) is 5.01 Å². The Morgan fingerprint density at radius 1 is 0.927 bits per heavy atom. The Balaban J connectivity index is 1.58. The summed E-state index contributed by atoms with van der Waals surface area (Å²) in [6.07, 6.45) is 2.25. The van der Waals surface area contributed by atoms with Gasteiger partial charge in [-0.05, 0) is 67.8 Å². The van der Waals surface area contributed by atoms with E-state index in [0.29, 0.717) is 5.96 Å². The molecule has 3 aliphatic heterocycles. The number of hydrogen-bond acceptors (Lipinski definition) is 7. The van der Waals surface area contributed by atoms with Crippen molar-refractivity contribution < 1.29 is 9.53 Å². The van der Waals surface area contributed by atoms with Gasteiger partial charge in [0.2, 0.25) is 11.8 Å². The Morgan fingerprint density at radius 3 is 2.27 bits per heavy atom. The number of rotatable bonds is 6. The van der Waals surface area contributed by atoms with Crippen LogP contribution in [0.4, 0.5) is 5.69 Å². The predicted octanol–water partition coefficient (Wildman–Crippen LogP) is 6.09. The predicted molar refractivity (Wildman–Crippen MR) is 164 cm³/mol. The molecule has 3 aromatic carbocycles. The van der Waals surface area contributed by atoms with Gasteiger partial charge >= 0.3 is 5.97 Å². The first-order valence-electron chi connectivity index (χ1n) is 14.2. The van der Waals surface area contributed by atoms with Crippen molar-refractivity contribution in [3.63, 3.8) is 0 Å². The second kappa shape index (κ2) is 11.2. The van der Waals surface area contributed by atoms with Crippen LogP contribution >= 0.6 is 0 Å². The first kappa shape index (κ1) is 26.7. The third-order valence-corrected chi connectivity index (χ3v) is 7.74. The van der Waals surface area contributed by atoms with Gasteiger partial charge in [0.1, 0.15) is 0 Å². The van der Waals surface area contributed by atoms with Crippen LogP contribution in [0.15, 0.2) is 106 Å². The Morgan fingerprint density at radius 2 is 1.61 bits per heavy atom. The van der Waals surface area contributed by atoms with Crippen molar-refractivity contribution in [3.8, 4) is 0 Å². The van der Waals surface area contributed by atoms with Crippen molar-refractivity contribution >= 4 is 29.5 Å². The molecule has 41 heavy (non-hydrogen) atoms. The molecule has 3 heterocycles. The lowest BCUT2D eigenvalue weighted by molar-refractivity contribution is -0.135. The number of fused-ring (bicyclic) bond motifs is 1. The van der Waals surface area contributed by atoms with Gasteiger partial charge in [-0.15, -0.1) is 5.10 Å². The van der Waals surface area contributed by atoms with Gasteiger partial charge < -0.3 is 4.74 Å². The average molecular weight is 546 g/mol. The van der Waals surface area contributed by atoms with E-state index in [2.05, 4.69) is 80.3 Å². The highest BCUT2D eigenvalue weighted by Gasteiger charge is 2.47. The smallest absolute Gasteiger partial charge is 0.376 e. The van der Waals surface area contributed by atoms with Gasteiger partial charge in [-0.25, -0.2) is 9.79 Å². The van der Waals surface area contributed by atoms with Crippen LogP contribution in [0.2, 0.25) is 0 Å². The molecule has 0 spiro atoms. The van der Waals surface area contributed by atoms with Crippen molar-refractivity contribution in [1.82, 2.24) is 9.80 Å². The summed E-state index contributed by atoms with van der Waals surface area (Å²) in [6, 6.07) is 26.7. The number of likely N-dealkylation sites (N-methyl/N-ethyl adjacent to an activating group) is 1. The second-order valence-electron chi connectivity index (χ2n) is 10.6. The van der Waals surface area contributed by atoms with E-state index in [1.54, 1.807) is 5.01 Å². The molecule has 6 rings (SSSR count). The molecule has 3 aromatic rings. The van der Waals surface area contributed by atoms with Crippen LogP contribution in [-0.2, 0) is 9.53 Å². The van der Waals surface area contributed by atoms with E-state index in [9.17, 15) is 4.79 Å². The third kappa shape index (κ3) is 5.09. The lowest BCUT2D eigenvalue weighted by Crippen LogP contribution is -2.49. The van der Waals surface area contributed by atoms with Crippen molar-refractivity contribution in [1.29, 1.82) is 0 Å². The van der Waals surface area contributed by atoms with Crippen LogP contribution in [0.25, 0.3) is 6.08 Å². The van der Waals surface area contributed by atoms with Crippen LogP contribution in [0, 0.1) is 13.8 Å². The van der Waals surface area contributed by atoms with Crippen molar-refractivity contribution in [2.45, 2.75) is 33.7 Å². The van der Waals surface area contributed by atoms with E-state index in [1.165, 1.54) is 11.1 Å². The number of esters is 1. The fourth-order valence-electron chi connectivity index (χ4n) is 5.61. The number of anilines is 1. The van der Waals surface area contributed by atoms with Gasteiger partial charge in [0.25, 0.3) is 0 Å². The lowest BCUT2D eigenvalue weighted by atomic mass is 9.87. The molecule has 3 aliphatic rings. The van der Waals surface area contributed by atoms with Gasteiger partial charge in [-0.3, -0.25) is 9.80 Å². The maximum absolute atomic E-state index is 13.4. The topological polar surface area (TPSA) is 60.7 Å². The highest BCUT2D eigenvalue weighted by atomic mass is 16.5. The number of hydrogen-bond donors (Lipinski definition) is 0. The Labute approximate surface area is 241 Å². The number of amidine groups is 1. The molecule has 1 unspecified atom stereocenters. The van der Waals surface area contributed by atoms with Gasteiger partial charge in [0.05, 0.1) is 24.0 Å². The standard InChI is InChI=1S/C34H35N5O2/c1-5-37-21-27(20-25-16-12-23(3)13-17-25)30-29(22-37)31(26-18-14-24(4)15-19-26)38-32(33(40)41-6-2)36-39(34(38)35-30)28-10-8-7-9-11-28/h7-20,31H,5-6,21-22H2,1-4H3/b27-20+. The number of ether oxygens (including phenoxy) is 1. The number of aliphatic imine (C=N–C) groups is 1. The highest BCUT2D eigenvalue weighted by Crippen LogP contribution is 2.44. The van der Waals surface area contributed by atoms with Crippen molar-refractivity contribution in [3.05, 3.63) is 118 Å². The largest absolute Gasteiger partial charge is 0.460 e. The summed E-state index contributed by atoms with van der Waals surface area (Å²) < 4.78 is 5.52. The van der Waals surface area contributed by atoms with Crippen molar-refractivity contribution in [2.75, 3.05) is 31.3 Å². The summed E-state index contributed by atoms with van der Waals surface area (Å²) in [5, 5.41) is 6.61. The molecular formula is C34H35N5O2. The van der Waals surface area contributed by atoms with Crippen LogP contribution in [0.5, 0.6) is 0 Å². The summed E-state index contributed by atoms with van der Waals surface area (Å²) in [5.74, 6) is 0.381. The summed E-state index contributed by atoms with van der Waals surface area (Å²) in [7, 11) is 0. The maximum Gasteiger partial charge on any atom is 0.376 e. The van der Waals surface area contributed by atoms with Gasteiger partial charge in [0.15, 0.2) is 0 Å². The molecule has 0 amide bonds. The molecule has 0 aromatic heterocycles. The molecule has 7 heteroatoms. The number of aryl methyl sites for hydroxylation is 2. The van der Waals surface area contributed by atoms with Crippen LogP contribution in [-0.4, -0.2) is 53.8 Å². The zero-order valence-corrected chi connectivity index (χ0v) is 24.0. The minimum atomic E-state index is -0.460. The summed E-state index contributed by atoms with van der Waals surface area (Å²) in [6.45, 7) is 10.9. The first-order chi connectivity index (χ1) is 20.0. The molecule has 0 N–H and O–H groups in total. The number of para-hydroxylation sites is 1. The lowest BCUT2D eigenvalue weighted by Gasteiger charge is -2.41. The normalized spacial score (nSPS) is 19.6. The fourth-order valence-corrected chi connectivity index (χ4v) is 5.61. The van der Waals surface area contributed by atoms with Crippen LogP contribution in [0.3, 0.4) is 0 Å². The molecule has 1 atom stereocenters. The quantitative estimate of drug-likeness (QED) is 0.351. The van der Waals surface area contributed by atoms with Crippen LogP contribution in [0.1, 0.15) is 42.1 Å². The van der Waals surface area contributed by atoms with E-state index < -0.39 is 5.97 Å². The number of benzene rings is 3. The number of carbonyl (C=O) groups is 1. The third-order valence-electron chi connectivity index (χ3n) is 7.74. The molecule has 0 radical (unpaired) electrons. The summed E-state index contributed by atoms with van der Waals surface area (Å²) in [4.78, 5) is 23.1. The monoisotopic (exact) mass is 545 g/mol. The molecule has 0 saturated heterocycles. The molecule has 0 fully saturated rings. The Bertz CT molecular complexity index is 1570. The highest BCUT2D eigenvalue weighted by molar-refractivity contribution is 6.41. The SMILES string of the molecule is CCOC(=O)C1=NN(c2ccccc2)C2=NC3=C(CN(CC)C/C3=C\c3ccc(C)cc3)C(c3ccc(C)cc3)N12. The molecule has 0 aliphatic carbocycles. The molecular weight excluding hydrogens is 510 g/mol. The minimum absolute atomic E-state index is 0.240. The van der Waals surface area contributed by atoms with E-state index in [1.807, 2.05) is 42.2 Å². The van der Waals surface area contributed by atoms with E-state index in [4.69, 9.17) is 14.8 Å². The number of guanidine groups is 1. The number of carbonyl (C=O) groups excluding carboxylic acids is 1. The number of nitrogens with zero attached hydrogens (tertiary/aromatic N) is 5. The summed E-state index contributed by atoms with van der Waals surface area (Å²) >= 11 is 0. The van der Waals surface area contributed by atoms with Crippen LogP contribution < -0.4 is 5.01 Å². The molecule has 208 valence electrons. The Hall–Kier alpha value is -4.49.